The molecular formula is C8H14N2O5. The number of ether oxygens (including phenoxy) is 1. The SMILES string of the molecule is COC(=O)N(C(=O)[C@H](C)N)[C@@H](C)C(=O)O. The Bertz CT molecular complexity index is 276. The summed E-state index contributed by atoms with van der Waals surface area (Å²) in [5, 5.41) is 8.69. The number of carbonyl (C=O) groups is 3. The van der Waals surface area contributed by atoms with Crippen molar-refractivity contribution in [2.75, 3.05) is 7.11 Å². The van der Waals surface area contributed by atoms with Gasteiger partial charge in [0.1, 0.15) is 6.04 Å². The first-order valence-electron chi connectivity index (χ1n) is 4.22. The molecule has 86 valence electrons. The number of rotatable bonds is 3. The minimum absolute atomic E-state index is 0.479. The van der Waals surface area contributed by atoms with Crippen LogP contribution in [-0.4, -0.2) is 47.2 Å². The summed E-state index contributed by atoms with van der Waals surface area (Å²) >= 11 is 0. The molecule has 0 aliphatic rings. The monoisotopic (exact) mass is 218 g/mol. The fourth-order valence-corrected chi connectivity index (χ4v) is 0.867. The van der Waals surface area contributed by atoms with E-state index in [0.29, 0.717) is 4.90 Å². The van der Waals surface area contributed by atoms with Gasteiger partial charge in [-0.05, 0) is 13.8 Å². The molecule has 0 aromatic rings. The van der Waals surface area contributed by atoms with Gasteiger partial charge >= 0.3 is 12.1 Å². The highest BCUT2D eigenvalue weighted by molar-refractivity contribution is 5.98. The molecule has 0 bridgehead atoms. The molecule has 0 aliphatic carbocycles. The predicted molar refractivity (Wildman–Crippen MR) is 50.0 cm³/mol. The standard InChI is InChI=1S/C8H14N2O5/c1-4(9)6(11)10(8(14)15-3)5(2)7(12)13/h4-5H,9H2,1-3H3,(H,12,13)/t4-,5-/m0/s1. The van der Waals surface area contributed by atoms with Gasteiger partial charge in [0, 0.05) is 0 Å². The lowest BCUT2D eigenvalue weighted by Gasteiger charge is -2.24. The molecule has 0 saturated heterocycles. The van der Waals surface area contributed by atoms with Crippen LogP contribution in [0.2, 0.25) is 0 Å². The fourth-order valence-electron chi connectivity index (χ4n) is 0.867. The number of carboxylic acid groups (broad SMARTS) is 1. The zero-order chi connectivity index (χ0) is 12.2. The first kappa shape index (κ1) is 13.4. The number of carbonyl (C=O) groups excluding carboxylic acids is 2. The molecule has 0 aromatic heterocycles. The van der Waals surface area contributed by atoms with Gasteiger partial charge in [-0.1, -0.05) is 0 Å². The molecule has 0 rings (SSSR count). The second-order valence-electron chi connectivity index (χ2n) is 2.98. The van der Waals surface area contributed by atoms with E-state index in [0.717, 1.165) is 7.11 Å². The Hall–Kier alpha value is -1.63. The normalized spacial score (nSPS) is 13.9. The third-order valence-electron chi connectivity index (χ3n) is 1.74. The Morgan fingerprint density at radius 3 is 2.07 bits per heavy atom. The van der Waals surface area contributed by atoms with Gasteiger partial charge in [0.25, 0.3) is 0 Å². The van der Waals surface area contributed by atoms with Crippen LogP contribution in [0.25, 0.3) is 0 Å². The van der Waals surface area contributed by atoms with E-state index < -0.39 is 30.1 Å². The molecule has 15 heavy (non-hydrogen) atoms. The number of hydrogen-bond donors (Lipinski definition) is 2. The molecule has 2 amide bonds. The summed E-state index contributed by atoms with van der Waals surface area (Å²) in [7, 11) is 1.05. The van der Waals surface area contributed by atoms with E-state index in [9.17, 15) is 14.4 Å². The molecule has 7 nitrogen and oxygen atoms in total. The van der Waals surface area contributed by atoms with Crippen LogP contribution in [0.3, 0.4) is 0 Å². The van der Waals surface area contributed by atoms with E-state index in [1.165, 1.54) is 13.8 Å². The van der Waals surface area contributed by atoms with E-state index >= 15 is 0 Å². The lowest BCUT2D eigenvalue weighted by molar-refractivity contribution is -0.148. The van der Waals surface area contributed by atoms with Gasteiger partial charge in [-0.2, -0.15) is 0 Å². The summed E-state index contributed by atoms with van der Waals surface area (Å²) in [5.74, 6) is -2.11. The molecule has 7 heteroatoms. The van der Waals surface area contributed by atoms with Crippen molar-refractivity contribution < 1.29 is 24.2 Å². The van der Waals surface area contributed by atoms with Crippen molar-refractivity contribution in [3.8, 4) is 0 Å². The molecule has 0 unspecified atom stereocenters. The van der Waals surface area contributed by atoms with Crippen LogP contribution >= 0.6 is 0 Å². The third-order valence-corrected chi connectivity index (χ3v) is 1.74. The molecule has 0 heterocycles. The maximum atomic E-state index is 11.4. The van der Waals surface area contributed by atoms with E-state index in [4.69, 9.17) is 10.8 Å². The molecule has 3 N–H and O–H groups in total. The Balaban J connectivity index is 4.97. The van der Waals surface area contributed by atoms with E-state index in [-0.39, 0.29) is 0 Å². The number of amides is 2. The number of imide groups is 1. The van der Waals surface area contributed by atoms with Crippen LogP contribution in [0.5, 0.6) is 0 Å². The Morgan fingerprint density at radius 1 is 1.33 bits per heavy atom. The van der Waals surface area contributed by atoms with Crippen LogP contribution in [0.15, 0.2) is 0 Å². The van der Waals surface area contributed by atoms with Crippen molar-refractivity contribution in [1.82, 2.24) is 4.90 Å². The van der Waals surface area contributed by atoms with Crippen molar-refractivity contribution in [3.05, 3.63) is 0 Å². The lowest BCUT2D eigenvalue weighted by atomic mass is 10.2. The van der Waals surface area contributed by atoms with Crippen LogP contribution in [0.4, 0.5) is 4.79 Å². The van der Waals surface area contributed by atoms with Crippen molar-refractivity contribution in [3.63, 3.8) is 0 Å². The zero-order valence-electron chi connectivity index (χ0n) is 8.76. The highest BCUT2D eigenvalue weighted by Gasteiger charge is 2.33. The summed E-state index contributed by atoms with van der Waals surface area (Å²) in [6.07, 6.45) is -1.03. The van der Waals surface area contributed by atoms with Gasteiger partial charge in [-0.3, -0.25) is 4.79 Å². The Morgan fingerprint density at radius 2 is 1.80 bits per heavy atom. The van der Waals surface area contributed by atoms with Crippen molar-refractivity contribution in [1.29, 1.82) is 0 Å². The summed E-state index contributed by atoms with van der Waals surface area (Å²) in [6, 6.07) is -2.28. The van der Waals surface area contributed by atoms with Gasteiger partial charge in [0.05, 0.1) is 13.2 Å². The van der Waals surface area contributed by atoms with Crippen molar-refractivity contribution >= 4 is 18.0 Å². The van der Waals surface area contributed by atoms with Gasteiger partial charge in [0.15, 0.2) is 0 Å². The molecule has 0 fully saturated rings. The van der Waals surface area contributed by atoms with Crippen LogP contribution in [-0.2, 0) is 14.3 Å². The fraction of sp³-hybridized carbons (Fsp3) is 0.625. The Labute approximate surface area is 86.8 Å². The number of methoxy groups -OCH3 is 1. The highest BCUT2D eigenvalue weighted by atomic mass is 16.5. The smallest absolute Gasteiger partial charge is 0.417 e. The molecular weight excluding hydrogens is 204 g/mol. The molecule has 0 spiro atoms. The third kappa shape index (κ3) is 3.21. The average Bonchev–Trinajstić information content (AvgIpc) is 2.16. The van der Waals surface area contributed by atoms with Crippen molar-refractivity contribution in [2.45, 2.75) is 25.9 Å². The average molecular weight is 218 g/mol. The number of hydrogen-bond acceptors (Lipinski definition) is 5. The van der Waals surface area contributed by atoms with Gasteiger partial charge in [0.2, 0.25) is 5.91 Å². The quantitative estimate of drug-likeness (QED) is 0.654. The molecule has 0 saturated carbocycles. The first-order chi connectivity index (χ1) is 6.82. The maximum Gasteiger partial charge on any atom is 0.417 e. The first-order valence-corrected chi connectivity index (χ1v) is 4.22. The molecule has 0 aromatic carbocycles. The van der Waals surface area contributed by atoms with Crippen molar-refractivity contribution in [2.24, 2.45) is 5.73 Å². The summed E-state index contributed by atoms with van der Waals surface area (Å²) < 4.78 is 4.30. The molecule has 0 radical (unpaired) electrons. The van der Waals surface area contributed by atoms with Crippen LogP contribution < -0.4 is 5.73 Å². The summed E-state index contributed by atoms with van der Waals surface area (Å²) in [6.45, 7) is 2.55. The van der Waals surface area contributed by atoms with Crippen LogP contribution in [0, 0.1) is 0 Å². The zero-order valence-corrected chi connectivity index (χ0v) is 8.76. The topological polar surface area (TPSA) is 110 Å². The minimum Gasteiger partial charge on any atom is -0.480 e. The largest absolute Gasteiger partial charge is 0.480 e. The van der Waals surface area contributed by atoms with E-state index in [1.54, 1.807) is 0 Å². The van der Waals surface area contributed by atoms with E-state index in [2.05, 4.69) is 4.74 Å². The number of nitrogens with zero attached hydrogens (tertiary/aromatic N) is 1. The van der Waals surface area contributed by atoms with Gasteiger partial charge in [-0.25, -0.2) is 14.5 Å². The lowest BCUT2D eigenvalue weighted by Crippen LogP contribution is -2.52. The number of nitrogens with two attached hydrogens (primary N) is 1. The highest BCUT2D eigenvalue weighted by Crippen LogP contribution is 2.04. The number of aliphatic carboxylic acids is 1. The van der Waals surface area contributed by atoms with Gasteiger partial charge in [-0.15, -0.1) is 0 Å². The second kappa shape index (κ2) is 5.30. The summed E-state index contributed by atoms with van der Waals surface area (Å²) in [5.41, 5.74) is 5.28. The Kier molecular flexibility index (Phi) is 4.72. The number of carboxylic acids is 1. The molecule has 2 atom stereocenters. The molecule has 0 aliphatic heterocycles. The van der Waals surface area contributed by atoms with Gasteiger partial charge < -0.3 is 15.6 Å². The second-order valence-corrected chi connectivity index (χ2v) is 2.98. The predicted octanol–water partition coefficient (Wildman–Crippen LogP) is -0.598. The van der Waals surface area contributed by atoms with E-state index in [1.807, 2.05) is 0 Å². The van der Waals surface area contributed by atoms with Crippen LogP contribution in [0.1, 0.15) is 13.8 Å². The minimum atomic E-state index is -1.31. The summed E-state index contributed by atoms with van der Waals surface area (Å²) in [4.78, 5) is 33.7. The maximum absolute atomic E-state index is 11.4.